The third-order valence-electron chi connectivity index (χ3n) is 1.60. The number of hydrogen-bond donors (Lipinski definition) is 0. The van der Waals surface area contributed by atoms with E-state index in [4.69, 9.17) is 0 Å². The molecule has 1 fully saturated rings. The van der Waals surface area contributed by atoms with Crippen molar-refractivity contribution in [2.75, 3.05) is 32.7 Å². The maximum atomic E-state index is 4.23. The smallest absolute Gasteiger partial charge is 0.660 e. The summed E-state index contributed by atoms with van der Waals surface area (Å²) in [6.07, 6.45) is 0. The van der Waals surface area contributed by atoms with Gasteiger partial charge in [-0.1, -0.05) is 6.92 Å². The molecule has 1 saturated heterocycles. The zero-order valence-electron chi connectivity index (χ0n) is 6.43. The van der Waals surface area contributed by atoms with Crippen LogP contribution in [0, 0.1) is 0 Å². The van der Waals surface area contributed by atoms with Crippen molar-refractivity contribution in [3.8, 4) is 0 Å². The third kappa shape index (κ3) is 4.22. The van der Waals surface area contributed by atoms with Crippen molar-refractivity contribution in [1.82, 2.24) is 4.90 Å². The first-order valence-corrected chi connectivity index (χ1v) is 3.29. The molecule has 0 bridgehead atoms. The molecule has 0 aromatic heterocycles. The van der Waals surface area contributed by atoms with E-state index in [9.17, 15) is 0 Å². The predicted molar refractivity (Wildman–Crippen MR) is 35.2 cm³/mol. The Balaban J connectivity index is 0.000000640. The van der Waals surface area contributed by atoms with Crippen molar-refractivity contribution in [2.45, 2.75) is 6.92 Å². The Bertz CT molecular complexity index is 62.1. The zero-order valence-corrected chi connectivity index (χ0v) is 11.3. The molecule has 9 heavy (non-hydrogen) atoms. The number of hydrogen-bond acceptors (Lipinski definition) is 1. The van der Waals surface area contributed by atoms with Gasteiger partial charge in [0.25, 0.3) is 0 Å². The first-order chi connectivity index (χ1) is 3.93. The molecule has 1 aliphatic rings. The first-order valence-electron chi connectivity index (χ1n) is 3.29. The van der Waals surface area contributed by atoms with Gasteiger partial charge in [-0.25, -0.2) is 0 Å². The summed E-state index contributed by atoms with van der Waals surface area (Å²) in [5.41, 5.74) is 0. The van der Waals surface area contributed by atoms with E-state index in [2.05, 4.69) is 17.1 Å². The minimum Gasteiger partial charge on any atom is -0.660 e. The molecule has 1 aliphatic heterocycles. The van der Waals surface area contributed by atoms with Crippen LogP contribution in [-0.4, -0.2) is 37.6 Å². The Morgan fingerprint density at radius 2 is 1.89 bits per heavy atom. The van der Waals surface area contributed by atoms with Gasteiger partial charge in [0.15, 0.2) is 0 Å². The van der Waals surface area contributed by atoms with Crippen molar-refractivity contribution >= 4 is 0 Å². The van der Waals surface area contributed by atoms with Gasteiger partial charge in [0, 0.05) is 0 Å². The Morgan fingerprint density at radius 3 is 2.22 bits per heavy atom. The summed E-state index contributed by atoms with van der Waals surface area (Å²) in [5, 5.41) is 4.23. The van der Waals surface area contributed by atoms with Gasteiger partial charge in [-0.15, -0.1) is 13.1 Å². The van der Waals surface area contributed by atoms with E-state index in [1.807, 2.05) is 0 Å². The fraction of sp³-hybridized carbons (Fsp3) is 1.00. The molecule has 0 aromatic rings. The van der Waals surface area contributed by atoms with Crippen LogP contribution in [0.15, 0.2) is 0 Å². The SMILES string of the molecule is CCN1CC[N-]CC1.[Rb+]. The zero-order chi connectivity index (χ0) is 5.82. The van der Waals surface area contributed by atoms with Crippen molar-refractivity contribution in [1.29, 1.82) is 0 Å². The van der Waals surface area contributed by atoms with Crippen LogP contribution in [0.2, 0.25) is 0 Å². The molecule has 0 spiro atoms. The van der Waals surface area contributed by atoms with Crippen LogP contribution < -0.4 is 58.2 Å². The van der Waals surface area contributed by atoms with Crippen LogP contribution >= 0.6 is 0 Å². The molecule has 0 atom stereocenters. The molecule has 2 nitrogen and oxygen atoms in total. The molecular formula is C6H13N2Rb. The van der Waals surface area contributed by atoms with Gasteiger partial charge in [-0.05, 0) is 19.6 Å². The van der Waals surface area contributed by atoms with E-state index >= 15 is 0 Å². The van der Waals surface area contributed by atoms with Crippen molar-refractivity contribution in [2.24, 2.45) is 0 Å². The number of likely N-dealkylation sites (N-methyl/N-ethyl adjacent to an activating group) is 1. The minimum atomic E-state index is 0. The topological polar surface area (TPSA) is 17.3 Å². The number of piperazine rings is 1. The van der Waals surface area contributed by atoms with Gasteiger partial charge < -0.3 is 10.2 Å². The second-order valence-electron chi connectivity index (χ2n) is 2.11. The van der Waals surface area contributed by atoms with Crippen LogP contribution in [0.25, 0.3) is 5.32 Å². The average Bonchev–Trinajstić information content (AvgIpc) is 1.90. The average molecular weight is 199 g/mol. The van der Waals surface area contributed by atoms with Crippen molar-refractivity contribution in [3.05, 3.63) is 5.32 Å². The van der Waals surface area contributed by atoms with Gasteiger partial charge in [0.2, 0.25) is 0 Å². The number of rotatable bonds is 1. The minimum absolute atomic E-state index is 0. The van der Waals surface area contributed by atoms with E-state index in [1.165, 1.54) is 19.6 Å². The van der Waals surface area contributed by atoms with E-state index in [0.717, 1.165) is 13.1 Å². The molecule has 0 radical (unpaired) electrons. The summed E-state index contributed by atoms with van der Waals surface area (Å²) in [5.74, 6) is 0. The van der Waals surface area contributed by atoms with Crippen LogP contribution in [0.5, 0.6) is 0 Å². The summed E-state index contributed by atoms with van der Waals surface area (Å²) >= 11 is 0. The molecule has 1 rings (SSSR count). The van der Waals surface area contributed by atoms with Gasteiger partial charge in [0.05, 0.1) is 0 Å². The van der Waals surface area contributed by atoms with Crippen molar-refractivity contribution < 1.29 is 58.2 Å². The molecule has 48 valence electrons. The third-order valence-corrected chi connectivity index (χ3v) is 1.60. The second kappa shape index (κ2) is 6.44. The molecule has 0 aliphatic carbocycles. The van der Waals surface area contributed by atoms with Gasteiger partial charge in [0.1, 0.15) is 0 Å². The molecule has 0 N–H and O–H groups in total. The standard InChI is InChI=1S/C6H13N2.Rb/c1-2-8-5-3-7-4-6-8;/h2-6H2,1H3;/q-1;+1. The maximum Gasteiger partial charge on any atom is 1.00 e. The molecule has 0 aromatic carbocycles. The number of nitrogens with zero attached hydrogens (tertiary/aromatic N) is 2. The van der Waals surface area contributed by atoms with Gasteiger partial charge >= 0.3 is 58.2 Å². The Kier molecular flexibility index (Phi) is 7.67. The van der Waals surface area contributed by atoms with Gasteiger partial charge in [-0.2, -0.15) is 0 Å². The van der Waals surface area contributed by atoms with E-state index in [0.29, 0.717) is 0 Å². The normalized spacial score (nSPS) is 21.0. The fourth-order valence-corrected chi connectivity index (χ4v) is 0.964. The first kappa shape index (κ1) is 10.7. The van der Waals surface area contributed by atoms with E-state index in [1.54, 1.807) is 0 Å². The summed E-state index contributed by atoms with van der Waals surface area (Å²) < 4.78 is 0. The van der Waals surface area contributed by atoms with Crippen LogP contribution in [0.4, 0.5) is 0 Å². The van der Waals surface area contributed by atoms with E-state index in [-0.39, 0.29) is 58.2 Å². The Labute approximate surface area is 106 Å². The van der Waals surface area contributed by atoms with Crippen molar-refractivity contribution in [3.63, 3.8) is 0 Å². The fourth-order valence-electron chi connectivity index (χ4n) is 0.964. The Hall–Kier alpha value is 1.73. The van der Waals surface area contributed by atoms with Crippen LogP contribution in [0.1, 0.15) is 6.92 Å². The summed E-state index contributed by atoms with van der Waals surface area (Å²) in [4.78, 5) is 2.42. The molecule has 3 heteroatoms. The van der Waals surface area contributed by atoms with E-state index < -0.39 is 0 Å². The van der Waals surface area contributed by atoms with Crippen LogP contribution in [0.3, 0.4) is 0 Å². The maximum absolute atomic E-state index is 4.23. The monoisotopic (exact) mass is 198 g/mol. The Morgan fingerprint density at radius 1 is 1.33 bits per heavy atom. The van der Waals surface area contributed by atoms with Gasteiger partial charge in [-0.3, -0.25) is 0 Å². The molecule has 0 unspecified atom stereocenters. The quantitative estimate of drug-likeness (QED) is 0.463. The summed E-state index contributed by atoms with van der Waals surface area (Å²) in [7, 11) is 0. The molecular weight excluding hydrogens is 186 g/mol. The van der Waals surface area contributed by atoms with Crippen LogP contribution in [-0.2, 0) is 0 Å². The molecule has 0 amide bonds. The second-order valence-corrected chi connectivity index (χ2v) is 2.11. The molecule has 1 heterocycles. The predicted octanol–water partition coefficient (Wildman–Crippen LogP) is -2.30. The molecule has 0 saturated carbocycles. The summed E-state index contributed by atoms with van der Waals surface area (Å²) in [6.45, 7) is 7.84. The largest absolute Gasteiger partial charge is 1.00 e. The summed E-state index contributed by atoms with van der Waals surface area (Å²) in [6, 6.07) is 0.